The van der Waals surface area contributed by atoms with E-state index in [1.807, 2.05) is 33.8 Å². The molecular formula is C38H50O5. The highest BCUT2D eigenvalue weighted by atomic mass is 16.5. The lowest BCUT2D eigenvalue weighted by molar-refractivity contribution is -0.165. The van der Waals surface area contributed by atoms with E-state index in [1.54, 1.807) is 38.1 Å². The van der Waals surface area contributed by atoms with Gasteiger partial charge in [0, 0.05) is 17.6 Å². The number of hydrogen-bond donors (Lipinski definition) is 1. The van der Waals surface area contributed by atoms with Gasteiger partial charge in [0.05, 0.1) is 11.0 Å². The summed E-state index contributed by atoms with van der Waals surface area (Å²) in [5.41, 5.74) is -0.867. The number of allylic oxidation sites excluding steroid dienone is 7. The molecule has 1 saturated carbocycles. The summed E-state index contributed by atoms with van der Waals surface area (Å²) in [6.45, 7) is 17.6. The Hall–Kier alpha value is -3.05. The standard InChI is InChI=1S/C38H50O5/c1-24(2)14-13-15-26(5)20-21-37-23-28(19-18-25(3)4)35(6,7)38(34(37)41,31(39)27-16-11-10-12-17-27)33-29(32(37)40)22-30(43-33)36(8,9)42/h10-12,14,16-18,20,28,30,42H,13,15,19,21-23H2,1-9H3/b26-20+. The number of ether oxygens (including phenoxy) is 1. The smallest absolute Gasteiger partial charge is 0.184 e. The molecule has 43 heavy (non-hydrogen) atoms. The van der Waals surface area contributed by atoms with Gasteiger partial charge in [-0.2, -0.15) is 0 Å². The van der Waals surface area contributed by atoms with E-state index < -0.39 is 27.9 Å². The first kappa shape index (κ1) is 32.9. The fourth-order valence-electron chi connectivity index (χ4n) is 7.41. The number of ketones is 3. The second-order valence-corrected chi connectivity index (χ2v) is 14.7. The molecule has 4 atom stereocenters. The number of aliphatic hydroxyl groups is 1. The molecule has 5 nitrogen and oxygen atoms in total. The van der Waals surface area contributed by atoms with Gasteiger partial charge in [0.15, 0.2) is 22.8 Å². The number of hydrogen-bond acceptors (Lipinski definition) is 5. The molecule has 1 heterocycles. The molecule has 1 aromatic carbocycles. The fourth-order valence-corrected chi connectivity index (χ4v) is 7.41. The fraction of sp³-hybridized carbons (Fsp3) is 0.553. The quantitative estimate of drug-likeness (QED) is 0.169. The van der Waals surface area contributed by atoms with Crippen LogP contribution in [0.15, 0.2) is 76.6 Å². The third-order valence-electron chi connectivity index (χ3n) is 10.2. The van der Waals surface area contributed by atoms with Crippen LogP contribution >= 0.6 is 0 Å². The van der Waals surface area contributed by atoms with Gasteiger partial charge in [-0.15, -0.1) is 0 Å². The van der Waals surface area contributed by atoms with Crippen LogP contribution in [0.4, 0.5) is 0 Å². The van der Waals surface area contributed by atoms with Crippen molar-refractivity contribution < 1.29 is 24.2 Å². The van der Waals surface area contributed by atoms with Crippen LogP contribution in [-0.4, -0.2) is 34.2 Å². The first-order valence-corrected chi connectivity index (χ1v) is 15.7. The predicted molar refractivity (Wildman–Crippen MR) is 171 cm³/mol. The van der Waals surface area contributed by atoms with Gasteiger partial charge in [-0.05, 0) is 91.9 Å². The van der Waals surface area contributed by atoms with Crippen molar-refractivity contribution in [3.63, 3.8) is 0 Å². The van der Waals surface area contributed by atoms with Crippen molar-refractivity contribution in [3.8, 4) is 0 Å². The minimum Gasteiger partial charge on any atom is -0.489 e. The van der Waals surface area contributed by atoms with Gasteiger partial charge in [-0.3, -0.25) is 14.4 Å². The molecule has 0 spiro atoms. The topological polar surface area (TPSA) is 80.7 Å². The lowest BCUT2D eigenvalue weighted by atomic mass is 9.39. The summed E-state index contributed by atoms with van der Waals surface area (Å²) in [5, 5.41) is 11.0. The Labute approximate surface area is 258 Å². The lowest BCUT2D eigenvalue weighted by Gasteiger charge is -2.59. The molecule has 1 fully saturated rings. The van der Waals surface area contributed by atoms with E-state index in [0.29, 0.717) is 24.0 Å². The highest BCUT2D eigenvalue weighted by Crippen LogP contribution is 2.68. The Balaban J connectivity index is 1.98. The number of benzene rings is 1. The van der Waals surface area contributed by atoms with Crippen molar-refractivity contribution >= 4 is 17.3 Å². The van der Waals surface area contributed by atoms with E-state index >= 15 is 4.79 Å². The molecule has 0 amide bonds. The van der Waals surface area contributed by atoms with E-state index in [0.717, 1.165) is 24.0 Å². The molecule has 0 aromatic heterocycles. The number of carbonyl (C=O) groups excluding carboxylic acids is 3. The lowest BCUT2D eigenvalue weighted by Crippen LogP contribution is -2.68. The molecule has 2 bridgehead atoms. The highest BCUT2D eigenvalue weighted by Gasteiger charge is 2.76. The Kier molecular flexibility index (Phi) is 9.02. The summed E-state index contributed by atoms with van der Waals surface area (Å²) in [6, 6.07) is 8.94. The molecule has 0 saturated heterocycles. The van der Waals surface area contributed by atoms with Crippen LogP contribution in [0.5, 0.6) is 0 Å². The normalized spacial score (nSPS) is 28.3. The molecule has 0 radical (unpaired) electrons. The molecule has 4 rings (SSSR count). The summed E-state index contributed by atoms with van der Waals surface area (Å²) in [4.78, 5) is 45.0. The SMILES string of the molecule is CC(C)=CCC/C(C)=C/CC12CC(CC=C(C)C)C(C)(C)C(C(=O)c3ccccc3)(C1=O)C1=C(CC(C(C)(C)O)O1)C2=O. The average Bonchev–Trinajstić information content (AvgIpc) is 3.38. The zero-order valence-electron chi connectivity index (χ0n) is 27.6. The van der Waals surface area contributed by atoms with E-state index in [4.69, 9.17) is 4.74 Å². The summed E-state index contributed by atoms with van der Waals surface area (Å²) in [5.74, 6) is -0.872. The summed E-state index contributed by atoms with van der Waals surface area (Å²) in [6.07, 6.45) is 8.83. The zero-order valence-corrected chi connectivity index (χ0v) is 27.6. The van der Waals surface area contributed by atoms with Crippen LogP contribution in [0.3, 0.4) is 0 Å². The van der Waals surface area contributed by atoms with Crippen LogP contribution in [0.25, 0.3) is 0 Å². The van der Waals surface area contributed by atoms with E-state index in [2.05, 4.69) is 39.0 Å². The highest BCUT2D eigenvalue weighted by molar-refractivity contribution is 6.30. The van der Waals surface area contributed by atoms with Gasteiger partial charge >= 0.3 is 0 Å². The molecule has 1 N–H and O–H groups in total. The Bertz CT molecular complexity index is 1410. The van der Waals surface area contributed by atoms with Gasteiger partial charge in [0.2, 0.25) is 0 Å². The molecular weight excluding hydrogens is 536 g/mol. The third kappa shape index (κ3) is 5.54. The van der Waals surface area contributed by atoms with Gasteiger partial charge in [-0.25, -0.2) is 0 Å². The maximum atomic E-state index is 15.3. The minimum absolute atomic E-state index is 0.144. The first-order valence-electron chi connectivity index (χ1n) is 15.7. The molecule has 5 heteroatoms. The maximum Gasteiger partial charge on any atom is 0.184 e. The van der Waals surface area contributed by atoms with E-state index in [9.17, 15) is 14.7 Å². The monoisotopic (exact) mass is 586 g/mol. The molecule has 232 valence electrons. The van der Waals surface area contributed by atoms with Crippen LogP contribution in [0.1, 0.15) is 111 Å². The Morgan fingerprint density at radius 3 is 2.21 bits per heavy atom. The summed E-state index contributed by atoms with van der Waals surface area (Å²) >= 11 is 0. The first-order chi connectivity index (χ1) is 20.0. The average molecular weight is 587 g/mol. The van der Waals surface area contributed by atoms with Crippen LogP contribution in [0.2, 0.25) is 0 Å². The minimum atomic E-state index is -1.69. The van der Waals surface area contributed by atoms with Crippen molar-refractivity contribution in [2.45, 2.75) is 113 Å². The largest absolute Gasteiger partial charge is 0.489 e. The number of Topliss-reactive ketones (excluding diaryl/α,β-unsaturated/α-hetero) is 3. The van der Waals surface area contributed by atoms with Crippen LogP contribution in [0, 0.1) is 22.2 Å². The van der Waals surface area contributed by atoms with Crippen molar-refractivity contribution in [2.75, 3.05) is 0 Å². The third-order valence-corrected chi connectivity index (χ3v) is 10.2. The molecule has 1 aromatic rings. The molecule has 2 aliphatic carbocycles. The molecule has 3 aliphatic rings. The van der Waals surface area contributed by atoms with Gasteiger partial charge < -0.3 is 9.84 Å². The summed E-state index contributed by atoms with van der Waals surface area (Å²) < 4.78 is 6.49. The molecule has 4 unspecified atom stereocenters. The van der Waals surface area contributed by atoms with Crippen molar-refractivity contribution in [3.05, 3.63) is 82.2 Å². The Morgan fingerprint density at radius 2 is 1.63 bits per heavy atom. The maximum absolute atomic E-state index is 15.3. The number of carbonyl (C=O) groups is 3. The second-order valence-electron chi connectivity index (χ2n) is 14.7. The predicted octanol–water partition coefficient (Wildman–Crippen LogP) is 8.29. The molecule has 1 aliphatic heterocycles. The van der Waals surface area contributed by atoms with Crippen molar-refractivity contribution in [1.82, 2.24) is 0 Å². The van der Waals surface area contributed by atoms with Crippen LogP contribution < -0.4 is 0 Å². The summed E-state index contributed by atoms with van der Waals surface area (Å²) in [7, 11) is 0. The second kappa shape index (κ2) is 11.8. The van der Waals surface area contributed by atoms with E-state index in [1.165, 1.54) is 5.57 Å². The van der Waals surface area contributed by atoms with Crippen molar-refractivity contribution in [1.29, 1.82) is 0 Å². The zero-order chi connectivity index (χ0) is 32.0. The Morgan fingerprint density at radius 1 is 1.00 bits per heavy atom. The van der Waals surface area contributed by atoms with Crippen molar-refractivity contribution in [2.24, 2.45) is 22.2 Å². The van der Waals surface area contributed by atoms with Gasteiger partial charge in [0.1, 0.15) is 11.9 Å². The number of rotatable bonds is 10. The van der Waals surface area contributed by atoms with E-state index in [-0.39, 0.29) is 41.9 Å². The van der Waals surface area contributed by atoms with Gasteiger partial charge in [-0.1, -0.05) is 79.1 Å². The van der Waals surface area contributed by atoms with Crippen LogP contribution in [-0.2, 0) is 14.3 Å². The number of fused-ring (bicyclic) bond motifs is 3. The van der Waals surface area contributed by atoms with Gasteiger partial charge in [0.25, 0.3) is 0 Å².